The number of allylic oxidation sites excluding steroid dienone is 6. The first-order chi connectivity index (χ1) is 19.8. The third-order valence-corrected chi connectivity index (χ3v) is 10.0. The Labute approximate surface area is 239 Å². The van der Waals surface area contributed by atoms with Gasteiger partial charge in [-0.05, 0) is 79.3 Å². The fourth-order valence-corrected chi connectivity index (χ4v) is 8.75. The van der Waals surface area contributed by atoms with E-state index >= 15 is 0 Å². The topological polar surface area (TPSA) is 0 Å². The van der Waals surface area contributed by atoms with Gasteiger partial charge in [-0.2, -0.15) is 0 Å². The van der Waals surface area contributed by atoms with Crippen molar-refractivity contribution in [3.8, 4) is 11.1 Å². The first-order valence-corrected chi connectivity index (χ1v) is 14.4. The molecule has 0 aliphatic heterocycles. The highest BCUT2D eigenvalue weighted by Crippen LogP contribution is 2.67. The highest BCUT2D eigenvalue weighted by Gasteiger charge is 2.59. The average Bonchev–Trinajstić information content (AvgIpc) is 3.12. The molecular formula is C39H25Cl. The Morgan fingerprint density at radius 2 is 0.950 bits per heavy atom. The number of hydrogen-bond donors (Lipinski definition) is 0. The molecule has 9 rings (SSSR count). The summed E-state index contributed by atoms with van der Waals surface area (Å²) < 4.78 is 0. The number of fused-ring (bicyclic) bond motifs is 17. The monoisotopic (exact) mass is 528 g/mol. The molecule has 4 aliphatic carbocycles. The predicted molar refractivity (Wildman–Crippen MR) is 165 cm³/mol. The van der Waals surface area contributed by atoms with Crippen LogP contribution in [-0.4, -0.2) is 0 Å². The summed E-state index contributed by atoms with van der Waals surface area (Å²) in [5.41, 5.74) is 14.9. The van der Waals surface area contributed by atoms with Crippen LogP contribution in [0.15, 0.2) is 145 Å². The molecule has 1 atom stereocenters. The van der Waals surface area contributed by atoms with Gasteiger partial charge in [0.1, 0.15) is 0 Å². The molecular weight excluding hydrogens is 504 g/mol. The first kappa shape index (κ1) is 22.4. The van der Waals surface area contributed by atoms with Crippen LogP contribution in [0, 0.1) is 0 Å². The van der Waals surface area contributed by atoms with Crippen molar-refractivity contribution in [2.75, 3.05) is 0 Å². The summed E-state index contributed by atoms with van der Waals surface area (Å²) >= 11 is 7.47. The van der Waals surface area contributed by atoms with Crippen molar-refractivity contribution in [3.05, 3.63) is 195 Å². The lowest BCUT2D eigenvalue weighted by Gasteiger charge is -2.53. The molecule has 0 amide bonds. The minimum atomic E-state index is -0.495. The summed E-state index contributed by atoms with van der Waals surface area (Å²) in [5.74, 6) is 0. The number of rotatable bonds is 0. The Morgan fingerprint density at radius 3 is 1.62 bits per heavy atom. The highest BCUT2D eigenvalue weighted by atomic mass is 35.5. The summed E-state index contributed by atoms with van der Waals surface area (Å²) in [4.78, 5) is 0. The normalized spacial score (nSPS) is 20.0. The summed E-state index contributed by atoms with van der Waals surface area (Å²) in [6, 6.07) is 42.7. The largest absolute Gasteiger partial charge is 0.0840 e. The van der Waals surface area contributed by atoms with E-state index in [1.54, 1.807) is 0 Å². The van der Waals surface area contributed by atoms with Gasteiger partial charge in [0.05, 0.1) is 10.8 Å². The van der Waals surface area contributed by atoms with Crippen molar-refractivity contribution in [3.63, 3.8) is 0 Å². The van der Waals surface area contributed by atoms with Gasteiger partial charge < -0.3 is 0 Å². The molecule has 40 heavy (non-hydrogen) atoms. The zero-order valence-electron chi connectivity index (χ0n) is 21.9. The summed E-state index contributed by atoms with van der Waals surface area (Å²) in [7, 11) is 0. The smallest absolute Gasteiger partial charge is 0.0720 e. The molecule has 2 bridgehead atoms. The van der Waals surface area contributed by atoms with Gasteiger partial charge in [-0.15, -0.1) is 0 Å². The number of halogens is 1. The molecule has 0 fully saturated rings. The Morgan fingerprint density at radius 1 is 0.450 bits per heavy atom. The quantitative estimate of drug-likeness (QED) is 0.184. The van der Waals surface area contributed by atoms with E-state index in [4.69, 9.17) is 11.6 Å². The second kappa shape index (κ2) is 7.84. The molecule has 0 saturated carbocycles. The lowest BCUT2D eigenvalue weighted by Crippen LogP contribution is -2.46. The molecule has 4 aliphatic rings. The zero-order valence-corrected chi connectivity index (χ0v) is 22.6. The molecule has 0 radical (unpaired) electrons. The molecule has 0 nitrogen and oxygen atoms in total. The summed E-state index contributed by atoms with van der Waals surface area (Å²) in [5, 5.41) is 0.824. The third kappa shape index (κ3) is 2.46. The van der Waals surface area contributed by atoms with Crippen LogP contribution >= 0.6 is 11.6 Å². The Kier molecular flexibility index (Phi) is 4.40. The molecule has 0 N–H and O–H groups in total. The second-order valence-electron chi connectivity index (χ2n) is 11.3. The van der Waals surface area contributed by atoms with Crippen LogP contribution in [0.25, 0.3) is 16.7 Å². The van der Waals surface area contributed by atoms with Gasteiger partial charge in [-0.3, -0.25) is 0 Å². The van der Waals surface area contributed by atoms with Crippen molar-refractivity contribution in [2.45, 2.75) is 17.3 Å². The van der Waals surface area contributed by atoms with Crippen LogP contribution in [0.5, 0.6) is 0 Å². The number of hydrogen-bond acceptors (Lipinski definition) is 0. The molecule has 5 aromatic rings. The van der Waals surface area contributed by atoms with Crippen LogP contribution < -0.4 is 0 Å². The van der Waals surface area contributed by atoms with Crippen LogP contribution in [0.3, 0.4) is 0 Å². The maximum atomic E-state index is 7.47. The first-order valence-electron chi connectivity index (χ1n) is 14.0. The predicted octanol–water partition coefficient (Wildman–Crippen LogP) is 9.63. The van der Waals surface area contributed by atoms with Crippen molar-refractivity contribution in [2.24, 2.45) is 0 Å². The van der Waals surface area contributed by atoms with E-state index in [2.05, 4.69) is 140 Å². The van der Waals surface area contributed by atoms with Gasteiger partial charge in [0, 0.05) is 5.02 Å². The Hall–Kier alpha value is -4.39. The van der Waals surface area contributed by atoms with E-state index in [-0.39, 0.29) is 0 Å². The zero-order chi connectivity index (χ0) is 26.5. The minimum absolute atomic E-state index is 0.457. The van der Waals surface area contributed by atoms with E-state index < -0.39 is 10.8 Å². The maximum Gasteiger partial charge on any atom is 0.0720 e. The van der Waals surface area contributed by atoms with Crippen molar-refractivity contribution >= 4 is 17.2 Å². The van der Waals surface area contributed by atoms with Crippen molar-refractivity contribution in [1.29, 1.82) is 0 Å². The van der Waals surface area contributed by atoms with Crippen molar-refractivity contribution < 1.29 is 0 Å². The molecule has 0 saturated heterocycles. The van der Waals surface area contributed by atoms with E-state index in [9.17, 15) is 0 Å². The summed E-state index contributed by atoms with van der Waals surface area (Å²) in [6.45, 7) is 0. The second-order valence-corrected chi connectivity index (χ2v) is 11.7. The van der Waals surface area contributed by atoms with Crippen molar-refractivity contribution in [1.82, 2.24) is 0 Å². The maximum absolute atomic E-state index is 7.47. The lowest BCUT2D eigenvalue weighted by atomic mass is 9.49. The highest BCUT2D eigenvalue weighted by molar-refractivity contribution is 6.32. The van der Waals surface area contributed by atoms with Crippen LogP contribution in [0.2, 0.25) is 5.02 Å². The number of benzene rings is 5. The van der Waals surface area contributed by atoms with Gasteiger partial charge in [-0.25, -0.2) is 0 Å². The van der Waals surface area contributed by atoms with Gasteiger partial charge in [0.25, 0.3) is 0 Å². The molecule has 5 aromatic carbocycles. The Balaban J connectivity index is 1.55. The Bertz CT molecular complexity index is 1960. The molecule has 1 heteroatoms. The standard InChI is InChI=1S/C39H25Cl/c40-36-23-11-22-35-37(36)38(26-13-2-1-12-25(24-26)27-14-3-6-17-30(27)38)33-20-9-10-21-34(33)39(35)31-18-7-4-15-28(31)29-16-5-8-19-32(29)39/h1-23H,24H2. The molecule has 1 unspecified atom stereocenters. The fraction of sp³-hybridized carbons (Fsp3) is 0.0769. The minimum Gasteiger partial charge on any atom is -0.0840 e. The SMILES string of the molecule is Clc1cccc2c1C1(C3=CC=CC=C(C3)c3ccccc31)c1ccccc1C21c2ccccc2-c2ccccc21. The molecule has 0 heterocycles. The van der Waals surface area contributed by atoms with Gasteiger partial charge in [0.2, 0.25) is 0 Å². The van der Waals surface area contributed by atoms with Gasteiger partial charge in [-0.1, -0.05) is 145 Å². The summed E-state index contributed by atoms with van der Waals surface area (Å²) in [6.07, 6.45) is 9.91. The van der Waals surface area contributed by atoms with E-state index in [0.29, 0.717) is 0 Å². The van der Waals surface area contributed by atoms with E-state index in [0.717, 1.165) is 11.4 Å². The molecule has 188 valence electrons. The molecule has 2 spiro atoms. The van der Waals surface area contributed by atoms with E-state index in [1.165, 1.54) is 66.8 Å². The van der Waals surface area contributed by atoms with Crippen LogP contribution in [0.4, 0.5) is 0 Å². The molecule has 0 aromatic heterocycles. The van der Waals surface area contributed by atoms with Crippen LogP contribution in [0.1, 0.15) is 50.9 Å². The fourth-order valence-electron chi connectivity index (χ4n) is 8.44. The van der Waals surface area contributed by atoms with Gasteiger partial charge >= 0.3 is 0 Å². The van der Waals surface area contributed by atoms with E-state index in [1.807, 2.05) is 0 Å². The van der Waals surface area contributed by atoms with Crippen LogP contribution in [-0.2, 0) is 10.8 Å². The van der Waals surface area contributed by atoms with Gasteiger partial charge in [0.15, 0.2) is 0 Å². The lowest BCUT2D eigenvalue weighted by molar-refractivity contribution is 0.600. The average molecular weight is 529 g/mol. The third-order valence-electron chi connectivity index (χ3n) is 9.73.